The van der Waals surface area contributed by atoms with Crippen molar-refractivity contribution in [3.63, 3.8) is 0 Å². The SMILES string of the molecule is Cc1nc(SCC(=O)NCC(=O)Nc2ccccc2Br)sc1CC(N)=O. The van der Waals surface area contributed by atoms with Crippen LogP contribution in [-0.4, -0.2) is 35.0 Å². The molecule has 3 amide bonds. The topological polar surface area (TPSA) is 114 Å². The fourth-order valence-corrected chi connectivity index (χ4v) is 4.36. The molecule has 1 aromatic carbocycles. The first-order valence-electron chi connectivity index (χ1n) is 7.53. The molecule has 0 aliphatic rings. The highest BCUT2D eigenvalue weighted by Gasteiger charge is 2.13. The molecule has 0 radical (unpaired) electrons. The van der Waals surface area contributed by atoms with Crippen molar-refractivity contribution in [1.82, 2.24) is 10.3 Å². The summed E-state index contributed by atoms with van der Waals surface area (Å²) in [6, 6.07) is 7.22. The van der Waals surface area contributed by atoms with Crippen LogP contribution in [0.1, 0.15) is 10.6 Å². The fraction of sp³-hybridized carbons (Fsp3) is 0.250. The minimum atomic E-state index is -0.415. The van der Waals surface area contributed by atoms with Gasteiger partial charge >= 0.3 is 0 Å². The number of aryl methyl sites for hydroxylation is 1. The van der Waals surface area contributed by atoms with Gasteiger partial charge in [-0.2, -0.15) is 0 Å². The number of primary amides is 1. The summed E-state index contributed by atoms with van der Waals surface area (Å²) in [6.45, 7) is 1.68. The molecule has 0 spiro atoms. The lowest BCUT2D eigenvalue weighted by atomic mass is 10.3. The molecule has 26 heavy (non-hydrogen) atoms. The molecule has 1 heterocycles. The van der Waals surface area contributed by atoms with Crippen molar-refractivity contribution < 1.29 is 14.4 Å². The molecule has 1 aromatic heterocycles. The van der Waals surface area contributed by atoms with Gasteiger partial charge in [-0.25, -0.2) is 4.98 Å². The number of carbonyl (C=O) groups is 3. The fourth-order valence-electron chi connectivity index (χ4n) is 1.90. The van der Waals surface area contributed by atoms with Crippen LogP contribution >= 0.6 is 39.0 Å². The Hall–Kier alpha value is -1.91. The molecular weight excluding hydrogens is 440 g/mol. The van der Waals surface area contributed by atoms with Crippen LogP contribution in [0.25, 0.3) is 0 Å². The number of thiazole rings is 1. The Kier molecular flexibility index (Phi) is 7.61. The Morgan fingerprint density at radius 2 is 2.00 bits per heavy atom. The van der Waals surface area contributed by atoms with E-state index in [1.165, 1.54) is 23.1 Å². The predicted molar refractivity (Wildman–Crippen MR) is 106 cm³/mol. The molecule has 10 heteroatoms. The molecule has 0 unspecified atom stereocenters. The zero-order valence-corrected chi connectivity index (χ0v) is 17.1. The number of amides is 3. The van der Waals surface area contributed by atoms with Gasteiger partial charge in [0.2, 0.25) is 17.7 Å². The predicted octanol–water partition coefficient (Wildman–Crippen LogP) is 2.09. The van der Waals surface area contributed by atoms with Crippen LogP contribution in [0.4, 0.5) is 5.69 Å². The van der Waals surface area contributed by atoms with Crippen molar-refractivity contribution in [2.24, 2.45) is 5.73 Å². The van der Waals surface area contributed by atoms with Crippen molar-refractivity contribution in [3.05, 3.63) is 39.3 Å². The summed E-state index contributed by atoms with van der Waals surface area (Å²) >= 11 is 5.93. The lowest BCUT2D eigenvalue weighted by Gasteiger charge is -2.08. The number of hydrogen-bond donors (Lipinski definition) is 3. The van der Waals surface area contributed by atoms with Crippen LogP contribution in [0.5, 0.6) is 0 Å². The molecule has 2 aromatic rings. The number of hydrogen-bond acceptors (Lipinski definition) is 6. The normalized spacial score (nSPS) is 10.4. The number of thioether (sulfide) groups is 1. The zero-order chi connectivity index (χ0) is 19.1. The summed E-state index contributed by atoms with van der Waals surface area (Å²) in [5.41, 5.74) is 6.57. The Labute approximate surface area is 167 Å². The first kappa shape index (κ1) is 20.4. The Morgan fingerprint density at radius 3 is 2.69 bits per heavy atom. The van der Waals surface area contributed by atoms with Crippen LogP contribution in [0.3, 0.4) is 0 Å². The minimum absolute atomic E-state index is 0.120. The van der Waals surface area contributed by atoms with Gasteiger partial charge in [-0.05, 0) is 35.0 Å². The summed E-state index contributed by atoms with van der Waals surface area (Å²) in [6.07, 6.45) is 0.144. The molecule has 0 aliphatic heterocycles. The van der Waals surface area contributed by atoms with Gasteiger partial charge in [0.15, 0.2) is 4.34 Å². The second kappa shape index (κ2) is 9.70. The molecule has 7 nitrogen and oxygen atoms in total. The van der Waals surface area contributed by atoms with E-state index in [9.17, 15) is 14.4 Å². The maximum Gasteiger partial charge on any atom is 0.243 e. The lowest BCUT2D eigenvalue weighted by molar-refractivity contribution is -0.122. The summed E-state index contributed by atoms with van der Waals surface area (Å²) in [7, 11) is 0. The number of nitrogens with one attached hydrogen (secondary N) is 2. The Balaban J connectivity index is 1.76. The van der Waals surface area contributed by atoms with Gasteiger partial charge in [-0.3, -0.25) is 14.4 Å². The summed E-state index contributed by atoms with van der Waals surface area (Å²) in [4.78, 5) is 39.9. The lowest BCUT2D eigenvalue weighted by Crippen LogP contribution is -2.33. The van der Waals surface area contributed by atoms with Gasteiger partial charge in [0.1, 0.15) is 0 Å². The number of benzene rings is 1. The first-order chi connectivity index (χ1) is 12.3. The van der Waals surface area contributed by atoms with Gasteiger partial charge in [0, 0.05) is 9.35 Å². The number of rotatable bonds is 8. The highest BCUT2D eigenvalue weighted by atomic mass is 79.9. The number of anilines is 1. The van der Waals surface area contributed by atoms with Crippen molar-refractivity contribution in [3.8, 4) is 0 Å². The molecule has 0 saturated heterocycles. The van der Waals surface area contributed by atoms with Gasteiger partial charge < -0.3 is 16.4 Å². The maximum absolute atomic E-state index is 11.9. The maximum atomic E-state index is 11.9. The second-order valence-corrected chi connectivity index (χ2v) is 8.39. The van der Waals surface area contributed by atoms with E-state index >= 15 is 0 Å². The number of carbonyl (C=O) groups excluding carboxylic acids is 3. The molecule has 0 bridgehead atoms. The number of aromatic nitrogens is 1. The van der Waals surface area contributed by atoms with E-state index in [2.05, 4.69) is 31.5 Å². The van der Waals surface area contributed by atoms with Crippen LogP contribution < -0.4 is 16.4 Å². The molecule has 0 aliphatic carbocycles. The molecule has 138 valence electrons. The highest BCUT2D eigenvalue weighted by molar-refractivity contribution is 9.10. The Bertz CT molecular complexity index is 826. The molecule has 0 saturated carbocycles. The summed E-state index contributed by atoms with van der Waals surface area (Å²) in [5, 5.41) is 5.27. The summed E-state index contributed by atoms with van der Waals surface area (Å²) < 4.78 is 1.45. The van der Waals surface area contributed by atoms with Gasteiger partial charge in [0.25, 0.3) is 0 Å². The van der Waals surface area contributed by atoms with E-state index in [4.69, 9.17) is 5.73 Å². The third-order valence-corrected chi connectivity index (χ3v) is 6.12. The van der Waals surface area contributed by atoms with Crippen LogP contribution in [-0.2, 0) is 20.8 Å². The Morgan fingerprint density at radius 1 is 1.27 bits per heavy atom. The zero-order valence-electron chi connectivity index (χ0n) is 13.9. The van der Waals surface area contributed by atoms with Crippen molar-refractivity contribution in [2.75, 3.05) is 17.6 Å². The van der Waals surface area contributed by atoms with Gasteiger partial charge in [-0.15, -0.1) is 11.3 Å². The molecule has 2 rings (SSSR count). The third kappa shape index (κ3) is 6.43. The van der Waals surface area contributed by atoms with E-state index in [-0.39, 0.29) is 30.5 Å². The van der Waals surface area contributed by atoms with Crippen LogP contribution in [0.15, 0.2) is 33.1 Å². The number of nitrogens with two attached hydrogens (primary N) is 1. The van der Waals surface area contributed by atoms with E-state index in [0.29, 0.717) is 10.0 Å². The molecular formula is C16H17BrN4O3S2. The molecule has 4 N–H and O–H groups in total. The standard InChI is InChI=1S/C16H17BrN4O3S2/c1-9-12(6-13(18)22)26-16(20-9)25-8-15(24)19-7-14(23)21-11-5-3-2-4-10(11)17/h2-5H,6-8H2,1H3,(H2,18,22)(H,19,24)(H,21,23). The van der Waals surface area contributed by atoms with Crippen molar-refractivity contribution in [2.45, 2.75) is 17.7 Å². The van der Waals surface area contributed by atoms with E-state index in [0.717, 1.165) is 15.0 Å². The number of nitrogens with zero attached hydrogens (tertiary/aromatic N) is 1. The van der Waals surface area contributed by atoms with Gasteiger partial charge in [0.05, 0.1) is 30.1 Å². The average molecular weight is 457 g/mol. The summed E-state index contributed by atoms with van der Waals surface area (Å²) in [5.74, 6) is -0.876. The third-order valence-electron chi connectivity index (χ3n) is 3.13. The number of halogens is 1. The average Bonchev–Trinajstić information content (AvgIpc) is 2.92. The van der Waals surface area contributed by atoms with Gasteiger partial charge in [-0.1, -0.05) is 23.9 Å². The van der Waals surface area contributed by atoms with E-state index in [1.807, 2.05) is 12.1 Å². The molecule has 0 atom stereocenters. The monoisotopic (exact) mass is 456 g/mol. The van der Waals surface area contributed by atoms with Crippen molar-refractivity contribution in [1.29, 1.82) is 0 Å². The largest absolute Gasteiger partial charge is 0.369 e. The molecule has 0 fully saturated rings. The second-order valence-electron chi connectivity index (χ2n) is 5.22. The quantitative estimate of drug-likeness (QED) is 0.526. The highest BCUT2D eigenvalue weighted by Crippen LogP contribution is 2.27. The van der Waals surface area contributed by atoms with Crippen molar-refractivity contribution >= 4 is 62.4 Å². The minimum Gasteiger partial charge on any atom is -0.369 e. The van der Waals surface area contributed by atoms with Crippen LogP contribution in [0, 0.1) is 6.92 Å². The smallest absolute Gasteiger partial charge is 0.243 e. The van der Waals surface area contributed by atoms with Crippen LogP contribution in [0.2, 0.25) is 0 Å². The van der Waals surface area contributed by atoms with E-state index < -0.39 is 5.91 Å². The first-order valence-corrected chi connectivity index (χ1v) is 10.1. The van der Waals surface area contributed by atoms with E-state index in [1.54, 1.807) is 19.1 Å². The number of para-hydroxylation sites is 1.